The number of imidazole rings is 1. The number of aromatic nitrogens is 2. The molecule has 0 spiro atoms. The number of fused-ring (bicyclic) bond motifs is 1. The number of rotatable bonds is 1. The molecule has 2 N–H and O–H groups in total. The molecule has 0 radical (unpaired) electrons. The topological polar surface area (TPSA) is 43.8 Å². The van der Waals surface area contributed by atoms with Gasteiger partial charge in [0.15, 0.2) is 0 Å². The zero-order chi connectivity index (χ0) is 10.3. The minimum atomic E-state index is 0.118. The molecule has 1 aliphatic heterocycles. The Bertz CT molecular complexity index is 343. The minimum absolute atomic E-state index is 0.118. The van der Waals surface area contributed by atoms with Crippen molar-refractivity contribution in [3.8, 4) is 0 Å². The lowest BCUT2D eigenvalue weighted by atomic mass is 10.1. The Hall–Kier alpha value is -0.350. The lowest BCUT2D eigenvalue weighted by Gasteiger charge is -2.20. The molecule has 4 heteroatoms. The second-order valence-corrected chi connectivity index (χ2v) is 4.95. The van der Waals surface area contributed by atoms with E-state index in [2.05, 4.69) is 39.3 Å². The van der Waals surface area contributed by atoms with Gasteiger partial charge in [-0.3, -0.25) is 0 Å². The van der Waals surface area contributed by atoms with Crippen LogP contribution in [0, 0.1) is 0 Å². The molecule has 0 bridgehead atoms. The van der Waals surface area contributed by atoms with E-state index in [-0.39, 0.29) is 6.04 Å². The van der Waals surface area contributed by atoms with Gasteiger partial charge in [0.1, 0.15) is 10.4 Å². The number of halogens is 1. The molecule has 1 unspecified atom stereocenters. The van der Waals surface area contributed by atoms with Gasteiger partial charge in [0.25, 0.3) is 0 Å². The van der Waals surface area contributed by atoms with Crippen molar-refractivity contribution in [1.82, 2.24) is 9.55 Å². The molecule has 0 saturated carbocycles. The van der Waals surface area contributed by atoms with Gasteiger partial charge in [0.2, 0.25) is 0 Å². The number of nitrogens with two attached hydrogens (primary N) is 1. The standard InChI is InChI=1S/C10H16BrN3/c1-6(2)8-9(11)14-5-3-4-7(12)10(14)13-8/h6-7H,3-5,12H2,1-2H3. The van der Waals surface area contributed by atoms with E-state index in [1.807, 2.05) is 0 Å². The summed E-state index contributed by atoms with van der Waals surface area (Å²) >= 11 is 3.61. The number of hydrogen-bond acceptors (Lipinski definition) is 2. The molecule has 1 aliphatic rings. The lowest BCUT2D eigenvalue weighted by Crippen LogP contribution is -2.22. The highest BCUT2D eigenvalue weighted by atomic mass is 79.9. The van der Waals surface area contributed by atoms with E-state index in [0.717, 1.165) is 35.5 Å². The summed E-state index contributed by atoms with van der Waals surface area (Å²) in [6.45, 7) is 5.36. The van der Waals surface area contributed by atoms with E-state index >= 15 is 0 Å². The van der Waals surface area contributed by atoms with E-state index in [9.17, 15) is 0 Å². The summed E-state index contributed by atoms with van der Waals surface area (Å²) in [5.41, 5.74) is 7.16. The van der Waals surface area contributed by atoms with Crippen LogP contribution in [-0.2, 0) is 6.54 Å². The molecule has 0 saturated heterocycles. The van der Waals surface area contributed by atoms with Gasteiger partial charge in [0.05, 0.1) is 11.7 Å². The van der Waals surface area contributed by atoms with Gasteiger partial charge >= 0.3 is 0 Å². The molecule has 0 aromatic carbocycles. The van der Waals surface area contributed by atoms with Crippen molar-refractivity contribution in [1.29, 1.82) is 0 Å². The van der Waals surface area contributed by atoms with Crippen LogP contribution >= 0.6 is 15.9 Å². The SMILES string of the molecule is CC(C)c1nc2n(c1Br)CCCC2N. The van der Waals surface area contributed by atoms with E-state index in [4.69, 9.17) is 5.73 Å². The van der Waals surface area contributed by atoms with Crippen LogP contribution in [0.3, 0.4) is 0 Å². The molecule has 2 heterocycles. The van der Waals surface area contributed by atoms with Gasteiger partial charge < -0.3 is 10.3 Å². The van der Waals surface area contributed by atoms with E-state index in [1.54, 1.807) is 0 Å². The van der Waals surface area contributed by atoms with Crippen LogP contribution in [0.4, 0.5) is 0 Å². The first-order chi connectivity index (χ1) is 6.61. The predicted molar refractivity (Wildman–Crippen MR) is 60.2 cm³/mol. The fourth-order valence-electron chi connectivity index (χ4n) is 1.93. The summed E-state index contributed by atoms with van der Waals surface area (Å²) in [6.07, 6.45) is 2.21. The Morgan fingerprint density at radius 2 is 2.29 bits per heavy atom. The summed E-state index contributed by atoms with van der Waals surface area (Å²) in [4.78, 5) is 4.62. The minimum Gasteiger partial charge on any atom is -0.321 e. The average Bonchev–Trinajstić information content (AvgIpc) is 2.46. The summed E-state index contributed by atoms with van der Waals surface area (Å²) < 4.78 is 3.33. The average molecular weight is 258 g/mol. The Morgan fingerprint density at radius 1 is 1.57 bits per heavy atom. The van der Waals surface area contributed by atoms with Gasteiger partial charge in [0, 0.05) is 6.54 Å². The Balaban J connectivity index is 2.49. The van der Waals surface area contributed by atoms with Crippen LogP contribution in [0.1, 0.15) is 50.2 Å². The molecule has 14 heavy (non-hydrogen) atoms. The van der Waals surface area contributed by atoms with Crippen molar-refractivity contribution in [2.24, 2.45) is 5.73 Å². The molecule has 0 fully saturated rings. The first-order valence-electron chi connectivity index (χ1n) is 5.12. The van der Waals surface area contributed by atoms with E-state index < -0.39 is 0 Å². The van der Waals surface area contributed by atoms with Gasteiger partial charge in [-0.2, -0.15) is 0 Å². The van der Waals surface area contributed by atoms with Gasteiger partial charge in [-0.15, -0.1) is 0 Å². The molecule has 1 atom stereocenters. The predicted octanol–water partition coefficient (Wildman–Crippen LogP) is 2.56. The quantitative estimate of drug-likeness (QED) is 0.841. The largest absolute Gasteiger partial charge is 0.321 e. The molecule has 78 valence electrons. The van der Waals surface area contributed by atoms with Crippen molar-refractivity contribution >= 4 is 15.9 Å². The zero-order valence-electron chi connectivity index (χ0n) is 8.63. The van der Waals surface area contributed by atoms with Crippen LogP contribution in [0.2, 0.25) is 0 Å². The van der Waals surface area contributed by atoms with Crippen molar-refractivity contribution < 1.29 is 0 Å². The lowest BCUT2D eigenvalue weighted by molar-refractivity contribution is 0.447. The monoisotopic (exact) mass is 257 g/mol. The van der Waals surface area contributed by atoms with Crippen LogP contribution in [-0.4, -0.2) is 9.55 Å². The molecule has 0 aliphatic carbocycles. The number of nitrogens with zero attached hydrogens (tertiary/aromatic N) is 2. The van der Waals surface area contributed by atoms with E-state index in [0.29, 0.717) is 5.92 Å². The molecular formula is C10H16BrN3. The molecule has 2 rings (SSSR count). The van der Waals surface area contributed by atoms with Crippen molar-refractivity contribution in [3.63, 3.8) is 0 Å². The number of hydrogen-bond donors (Lipinski definition) is 1. The van der Waals surface area contributed by atoms with Crippen LogP contribution in [0.25, 0.3) is 0 Å². The van der Waals surface area contributed by atoms with Gasteiger partial charge in [-0.25, -0.2) is 4.98 Å². The molecule has 1 aromatic heterocycles. The maximum absolute atomic E-state index is 6.02. The summed E-state index contributed by atoms with van der Waals surface area (Å²) in [5.74, 6) is 1.50. The fourth-order valence-corrected chi connectivity index (χ4v) is 2.84. The Kier molecular flexibility index (Phi) is 2.66. The normalized spacial score (nSPS) is 21.4. The third-order valence-corrected chi connectivity index (χ3v) is 3.57. The second-order valence-electron chi connectivity index (χ2n) is 4.20. The third-order valence-electron chi connectivity index (χ3n) is 2.74. The molecule has 3 nitrogen and oxygen atoms in total. The van der Waals surface area contributed by atoms with Crippen LogP contribution in [0.15, 0.2) is 4.60 Å². The maximum atomic E-state index is 6.02. The highest BCUT2D eigenvalue weighted by Gasteiger charge is 2.24. The zero-order valence-corrected chi connectivity index (χ0v) is 10.2. The first-order valence-corrected chi connectivity index (χ1v) is 5.92. The highest BCUT2D eigenvalue weighted by molar-refractivity contribution is 9.10. The summed E-state index contributed by atoms with van der Waals surface area (Å²) in [7, 11) is 0. The summed E-state index contributed by atoms with van der Waals surface area (Å²) in [6, 6.07) is 0.118. The maximum Gasteiger partial charge on any atom is 0.126 e. The van der Waals surface area contributed by atoms with Crippen molar-refractivity contribution in [3.05, 3.63) is 16.1 Å². The molecular weight excluding hydrogens is 242 g/mol. The Labute approximate surface area is 92.8 Å². The highest BCUT2D eigenvalue weighted by Crippen LogP contribution is 2.31. The Morgan fingerprint density at radius 3 is 2.86 bits per heavy atom. The third kappa shape index (κ3) is 1.50. The van der Waals surface area contributed by atoms with Gasteiger partial charge in [-0.05, 0) is 34.7 Å². The summed E-state index contributed by atoms with van der Waals surface area (Å²) in [5, 5.41) is 0. The fraction of sp³-hybridized carbons (Fsp3) is 0.700. The van der Waals surface area contributed by atoms with E-state index in [1.165, 1.54) is 0 Å². The van der Waals surface area contributed by atoms with Crippen molar-refractivity contribution in [2.45, 2.75) is 45.2 Å². The first kappa shape index (κ1) is 10.2. The molecule has 1 aromatic rings. The van der Waals surface area contributed by atoms with Crippen molar-refractivity contribution in [2.75, 3.05) is 0 Å². The smallest absolute Gasteiger partial charge is 0.126 e. The van der Waals surface area contributed by atoms with Crippen LogP contribution in [0.5, 0.6) is 0 Å². The van der Waals surface area contributed by atoms with Crippen LogP contribution < -0.4 is 5.73 Å². The second kappa shape index (κ2) is 3.66. The van der Waals surface area contributed by atoms with Gasteiger partial charge in [-0.1, -0.05) is 13.8 Å². The molecule has 0 amide bonds.